The van der Waals surface area contributed by atoms with E-state index in [1.807, 2.05) is 22.9 Å². The van der Waals surface area contributed by atoms with Crippen LogP contribution in [0.25, 0.3) is 0 Å². The molecule has 2 heterocycles. The number of alkyl halides is 1. The first kappa shape index (κ1) is 31.0. The minimum absolute atomic E-state index is 0.0468. The Bertz CT molecular complexity index is 1320. The fourth-order valence-corrected chi connectivity index (χ4v) is 7.72. The molecule has 1 spiro atoms. The van der Waals surface area contributed by atoms with E-state index in [2.05, 4.69) is 34.7 Å². The molecule has 1 amide bonds. The van der Waals surface area contributed by atoms with Crippen molar-refractivity contribution in [1.82, 2.24) is 20.2 Å². The summed E-state index contributed by atoms with van der Waals surface area (Å²) in [6.07, 6.45) is 16.8. The summed E-state index contributed by atoms with van der Waals surface area (Å²) in [4.78, 5) is 17.8. The fourth-order valence-electron chi connectivity index (χ4n) is 7.40. The minimum Gasteiger partial charge on any atom is -0.348 e. The van der Waals surface area contributed by atoms with Gasteiger partial charge in [0.15, 0.2) is 6.30 Å². The predicted octanol–water partition coefficient (Wildman–Crippen LogP) is 8.83. The van der Waals surface area contributed by atoms with Crippen LogP contribution in [0.4, 0.5) is 4.39 Å². The summed E-state index contributed by atoms with van der Waals surface area (Å²) in [6, 6.07) is 11.6. The van der Waals surface area contributed by atoms with E-state index < -0.39 is 6.30 Å². The number of rotatable bonds is 6. The van der Waals surface area contributed by atoms with E-state index in [0.29, 0.717) is 35.1 Å². The highest BCUT2D eigenvalue weighted by atomic mass is 35.5. The molecular formula is C34H43Cl2FN4O. The number of amides is 1. The second-order valence-corrected chi connectivity index (χ2v) is 13.2. The number of nitrogens with one attached hydrogen (secondary N) is 2. The molecule has 1 aliphatic heterocycles. The number of piperidine rings is 1. The van der Waals surface area contributed by atoms with Gasteiger partial charge in [0.2, 0.25) is 0 Å². The summed E-state index contributed by atoms with van der Waals surface area (Å²) >= 11 is 12.3. The first-order chi connectivity index (χ1) is 20.3. The SMILES string of the molecule is CC1NC(F)CC2(CCCCCCCCCC2)C1c1cc(Cn2ccnc2)cc(C(=O)NCc2ccc(Cl)c(Cl)c2)c1. The van der Waals surface area contributed by atoms with E-state index in [1.54, 1.807) is 24.7 Å². The smallest absolute Gasteiger partial charge is 0.251 e. The quantitative estimate of drug-likeness (QED) is 0.273. The lowest BCUT2D eigenvalue weighted by Gasteiger charge is -2.50. The number of halogens is 3. The molecule has 0 bridgehead atoms. The van der Waals surface area contributed by atoms with Crippen LogP contribution in [0.2, 0.25) is 10.0 Å². The predicted molar refractivity (Wildman–Crippen MR) is 169 cm³/mol. The number of carbonyl (C=O) groups excluding carboxylic acids is 1. The molecule has 3 aromatic rings. The van der Waals surface area contributed by atoms with Crippen molar-refractivity contribution in [2.45, 2.75) is 109 Å². The molecule has 0 radical (unpaired) electrons. The maximum Gasteiger partial charge on any atom is 0.251 e. The van der Waals surface area contributed by atoms with Gasteiger partial charge < -0.3 is 9.88 Å². The number of benzene rings is 2. The Morgan fingerprint density at radius 3 is 2.38 bits per heavy atom. The van der Waals surface area contributed by atoms with Crippen molar-refractivity contribution in [2.24, 2.45) is 5.41 Å². The Kier molecular flexibility index (Phi) is 10.6. The highest BCUT2D eigenvalue weighted by Crippen LogP contribution is 2.53. The highest BCUT2D eigenvalue weighted by molar-refractivity contribution is 6.42. The molecule has 2 aromatic carbocycles. The second-order valence-electron chi connectivity index (χ2n) is 12.4. The maximum atomic E-state index is 15.3. The monoisotopic (exact) mass is 612 g/mol. The third-order valence-corrected chi connectivity index (χ3v) is 10.0. The molecule has 42 heavy (non-hydrogen) atoms. The van der Waals surface area contributed by atoms with E-state index in [0.717, 1.165) is 42.4 Å². The zero-order chi connectivity index (χ0) is 29.5. The maximum absolute atomic E-state index is 15.3. The zero-order valence-electron chi connectivity index (χ0n) is 24.6. The van der Waals surface area contributed by atoms with Gasteiger partial charge in [0.25, 0.3) is 5.91 Å². The average Bonchev–Trinajstić information content (AvgIpc) is 3.45. The van der Waals surface area contributed by atoms with Crippen molar-refractivity contribution < 1.29 is 9.18 Å². The number of hydrogen-bond acceptors (Lipinski definition) is 3. The largest absolute Gasteiger partial charge is 0.348 e. The summed E-state index contributed by atoms with van der Waals surface area (Å²) in [5.74, 6) is -0.0410. The summed E-state index contributed by atoms with van der Waals surface area (Å²) in [7, 11) is 0. The molecule has 2 aliphatic rings. The Morgan fingerprint density at radius 1 is 1.00 bits per heavy atom. The van der Waals surface area contributed by atoms with E-state index in [1.165, 1.54) is 38.5 Å². The van der Waals surface area contributed by atoms with Crippen molar-refractivity contribution in [3.8, 4) is 0 Å². The van der Waals surface area contributed by atoms with Gasteiger partial charge in [-0.25, -0.2) is 9.37 Å². The lowest BCUT2D eigenvalue weighted by atomic mass is 9.60. The van der Waals surface area contributed by atoms with Crippen LogP contribution in [0.15, 0.2) is 55.1 Å². The first-order valence-corrected chi connectivity index (χ1v) is 16.3. The van der Waals surface area contributed by atoms with E-state index in [-0.39, 0.29) is 23.3 Å². The van der Waals surface area contributed by atoms with Gasteiger partial charge in [0.05, 0.1) is 16.4 Å². The molecule has 8 heteroatoms. The number of carbonyl (C=O) groups is 1. The van der Waals surface area contributed by atoms with Gasteiger partial charge in [0, 0.05) is 43.0 Å². The van der Waals surface area contributed by atoms with Crippen LogP contribution >= 0.6 is 23.2 Å². The van der Waals surface area contributed by atoms with Gasteiger partial charge in [-0.3, -0.25) is 10.1 Å². The molecule has 226 valence electrons. The van der Waals surface area contributed by atoms with Gasteiger partial charge in [-0.05, 0) is 72.6 Å². The minimum atomic E-state index is -1.01. The Labute approximate surface area is 259 Å². The van der Waals surface area contributed by atoms with Crippen molar-refractivity contribution >= 4 is 29.1 Å². The van der Waals surface area contributed by atoms with Gasteiger partial charge in [-0.1, -0.05) is 86.7 Å². The van der Waals surface area contributed by atoms with Crippen LogP contribution in [0, 0.1) is 5.41 Å². The Hall–Kier alpha value is -2.41. The molecule has 1 saturated heterocycles. The lowest BCUT2D eigenvalue weighted by Crippen LogP contribution is -2.53. The number of nitrogens with zero attached hydrogens (tertiary/aromatic N) is 2. The molecule has 5 nitrogen and oxygen atoms in total. The third-order valence-electron chi connectivity index (χ3n) is 9.29. The standard InChI is InChI=1S/C34H43Cl2FN4O/c1-24-32(34(20-31(37)40-24)12-8-6-4-2-3-5-7-9-13-34)27-16-26(22-41-15-14-38-23-41)17-28(19-27)33(42)39-21-25-10-11-29(35)30(36)18-25/h10-11,14-19,23-24,31-32,40H,2-9,12-13,20-22H2,1H3,(H,39,42). The van der Waals surface area contributed by atoms with Gasteiger partial charge >= 0.3 is 0 Å². The van der Waals surface area contributed by atoms with Crippen molar-refractivity contribution in [3.63, 3.8) is 0 Å². The first-order valence-electron chi connectivity index (χ1n) is 15.5. The van der Waals surface area contributed by atoms with Crippen LogP contribution in [0.3, 0.4) is 0 Å². The fraction of sp³-hybridized carbons (Fsp3) is 0.529. The number of aromatic nitrogens is 2. The van der Waals surface area contributed by atoms with Gasteiger partial charge in [0.1, 0.15) is 0 Å². The van der Waals surface area contributed by atoms with Gasteiger partial charge in [-0.2, -0.15) is 0 Å². The molecular weight excluding hydrogens is 570 g/mol. The normalized spacial score (nSPS) is 23.3. The average molecular weight is 614 g/mol. The molecule has 3 unspecified atom stereocenters. The Balaban J connectivity index is 1.49. The van der Waals surface area contributed by atoms with E-state index >= 15 is 4.39 Å². The second kappa shape index (κ2) is 14.4. The molecule has 1 saturated carbocycles. The van der Waals surface area contributed by atoms with Crippen molar-refractivity contribution in [2.75, 3.05) is 0 Å². The molecule has 2 N–H and O–H groups in total. The summed E-state index contributed by atoms with van der Waals surface area (Å²) in [6.45, 7) is 3.07. The molecule has 5 rings (SSSR count). The van der Waals surface area contributed by atoms with Gasteiger partial charge in [-0.15, -0.1) is 0 Å². The Morgan fingerprint density at radius 2 is 1.71 bits per heavy atom. The van der Waals surface area contributed by atoms with Crippen LogP contribution in [0.5, 0.6) is 0 Å². The third kappa shape index (κ3) is 7.75. The van der Waals surface area contributed by atoms with Crippen LogP contribution < -0.4 is 10.6 Å². The molecule has 3 atom stereocenters. The van der Waals surface area contributed by atoms with Crippen LogP contribution in [0.1, 0.15) is 111 Å². The molecule has 2 fully saturated rings. The van der Waals surface area contributed by atoms with E-state index in [4.69, 9.17) is 23.2 Å². The van der Waals surface area contributed by atoms with Crippen LogP contribution in [-0.4, -0.2) is 27.8 Å². The van der Waals surface area contributed by atoms with E-state index in [9.17, 15) is 4.79 Å². The van der Waals surface area contributed by atoms with Crippen molar-refractivity contribution in [3.05, 3.63) is 87.4 Å². The molecule has 1 aromatic heterocycles. The van der Waals surface area contributed by atoms with Crippen LogP contribution in [-0.2, 0) is 13.1 Å². The highest BCUT2D eigenvalue weighted by Gasteiger charge is 2.47. The lowest BCUT2D eigenvalue weighted by molar-refractivity contribution is 0.0249. The topological polar surface area (TPSA) is 59.0 Å². The summed E-state index contributed by atoms with van der Waals surface area (Å²) in [5, 5.41) is 7.26. The zero-order valence-corrected chi connectivity index (χ0v) is 26.1. The number of imidazole rings is 1. The molecule has 1 aliphatic carbocycles. The summed E-state index contributed by atoms with van der Waals surface area (Å²) < 4.78 is 17.3. The summed E-state index contributed by atoms with van der Waals surface area (Å²) in [5.41, 5.74) is 3.50. The van der Waals surface area contributed by atoms with Crippen molar-refractivity contribution in [1.29, 1.82) is 0 Å². The number of hydrogen-bond donors (Lipinski definition) is 2.